The maximum Gasteiger partial charge on any atom is 0.407 e. The molecule has 8 nitrogen and oxygen atoms in total. The Bertz CT molecular complexity index is 402. The van der Waals surface area contributed by atoms with E-state index in [1.165, 1.54) is 4.90 Å². The highest BCUT2D eigenvalue weighted by molar-refractivity contribution is 5.84. The van der Waals surface area contributed by atoms with Crippen LogP contribution in [0.1, 0.15) is 34.1 Å². The first kappa shape index (κ1) is 21.0. The number of amides is 2. The molecule has 23 heavy (non-hydrogen) atoms. The molecular formula is C15H31N5O3. The second-order valence-electron chi connectivity index (χ2n) is 6.24. The fourth-order valence-electron chi connectivity index (χ4n) is 1.37. The summed E-state index contributed by atoms with van der Waals surface area (Å²) >= 11 is 0. The minimum atomic E-state index is -0.515. The topological polar surface area (TPSA) is 95.1 Å². The summed E-state index contributed by atoms with van der Waals surface area (Å²) in [5.41, 5.74) is -0.515. The fourth-order valence-corrected chi connectivity index (χ4v) is 1.37. The van der Waals surface area contributed by atoms with E-state index in [9.17, 15) is 9.59 Å². The molecule has 2 amide bonds. The third-order valence-electron chi connectivity index (χ3n) is 2.50. The maximum atomic E-state index is 11.6. The van der Waals surface area contributed by atoms with Gasteiger partial charge in [-0.3, -0.25) is 4.79 Å². The van der Waals surface area contributed by atoms with Gasteiger partial charge in [-0.25, -0.2) is 9.79 Å². The predicted octanol–water partition coefficient (Wildman–Crippen LogP) is 0.545. The molecule has 0 aliphatic rings. The van der Waals surface area contributed by atoms with E-state index >= 15 is 0 Å². The molecule has 0 saturated heterocycles. The molecule has 0 rings (SSSR count). The minimum Gasteiger partial charge on any atom is -0.444 e. The molecular weight excluding hydrogens is 298 g/mol. The predicted molar refractivity (Wildman–Crippen MR) is 91.5 cm³/mol. The number of rotatable bonds is 7. The largest absolute Gasteiger partial charge is 0.444 e. The lowest BCUT2D eigenvalue weighted by atomic mass is 10.2. The van der Waals surface area contributed by atoms with Crippen LogP contribution in [0.15, 0.2) is 4.99 Å². The van der Waals surface area contributed by atoms with Crippen molar-refractivity contribution in [2.24, 2.45) is 4.99 Å². The third kappa shape index (κ3) is 12.3. The lowest BCUT2D eigenvalue weighted by molar-refractivity contribution is -0.127. The Balaban J connectivity index is 4.22. The number of nitrogens with one attached hydrogen (secondary N) is 3. The summed E-state index contributed by atoms with van der Waals surface area (Å²) in [6.45, 7) is 9.17. The first-order valence-electron chi connectivity index (χ1n) is 7.85. The molecule has 0 heterocycles. The van der Waals surface area contributed by atoms with Crippen molar-refractivity contribution in [3.05, 3.63) is 0 Å². The molecule has 0 spiro atoms. The molecule has 0 aromatic rings. The molecule has 3 N–H and O–H groups in total. The van der Waals surface area contributed by atoms with Crippen molar-refractivity contribution in [1.29, 1.82) is 0 Å². The van der Waals surface area contributed by atoms with Gasteiger partial charge in [0.1, 0.15) is 12.1 Å². The molecule has 0 aromatic heterocycles. The van der Waals surface area contributed by atoms with E-state index in [0.717, 1.165) is 13.0 Å². The van der Waals surface area contributed by atoms with Crippen molar-refractivity contribution in [2.75, 3.05) is 40.3 Å². The average Bonchev–Trinajstić information content (AvgIpc) is 2.42. The maximum absolute atomic E-state index is 11.6. The van der Waals surface area contributed by atoms with E-state index in [4.69, 9.17) is 4.74 Å². The van der Waals surface area contributed by atoms with Crippen molar-refractivity contribution >= 4 is 18.0 Å². The summed E-state index contributed by atoms with van der Waals surface area (Å²) in [4.78, 5) is 28.8. The fraction of sp³-hybridized carbons (Fsp3) is 0.800. The first-order valence-corrected chi connectivity index (χ1v) is 7.85. The van der Waals surface area contributed by atoms with Gasteiger partial charge in [-0.15, -0.1) is 0 Å². The quantitative estimate of drug-likeness (QED) is 0.360. The number of alkyl carbamates (subject to hydrolysis) is 1. The number of carbonyl (C=O) groups excluding carboxylic acids is 2. The van der Waals surface area contributed by atoms with Crippen LogP contribution in [0.3, 0.4) is 0 Å². The highest BCUT2D eigenvalue weighted by atomic mass is 16.6. The van der Waals surface area contributed by atoms with Gasteiger partial charge in [0.2, 0.25) is 5.91 Å². The van der Waals surface area contributed by atoms with Crippen molar-refractivity contribution in [1.82, 2.24) is 20.9 Å². The number of hydrogen-bond acceptors (Lipinski definition) is 4. The highest BCUT2D eigenvalue weighted by Crippen LogP contribution is 2.05. The zero-order chi connectivity index (χ0) is 17.9. The highest BCUT2D eigenvalue weighted by Gasteiger charge is 2.15. The molecule has 134 valence electrons. The van der Waals surface area contributed by atoms with E-state index in [2.05, 4.69) is 20.9 Å². The molecule has 0 bridgehead atoms. The smallest absolute Gasteiger partial charge is 0.407 e. The van der Waals surface area contributed by atoms with Gasteiger partial charge in [0, 0.05) is 33.7 Å². The van der Waals surface area contributed by atoms with Crippen molar-refractivity contribution in [2.45, 2.75) is 39.7 Å². The van der Waals surface area contributed by atoms with Crippen LogP contribution < -0.4 is 16.0 Å². The third-order valence-corrected chi connectivity index (χ3v) is 2.50. The molecule has 0 radical (unpaired) electrons. The Morgan fingerprint density at radius 2 is 1.61 bits per heavy atom. The monoisotopic (exact) mass is 329 g/mol. The zero-order valence-corrected chi connectivity index (χ0v) is 15.2. The minimum absolute atomic E-state index is 0.0746. The number of carbonyl (C=O) groups is 2. The van der Waals surface area contributed by atoms with Crippen LogP contribution in [-0.2, 0) is 9.53 Å². The standard InChI is InChI=1S/C15H31N5O3/c1-7-8-16-13(19-11-12(21)20(5)6)17-9-10-18-14(22)23-15(2,3)4/h7-11H2,1-6H3,(H,18,22)(H2,16,17,19). The Morgan fingerprint density at radius 1 is 1.04 bits per heavy atom. The summed E-state index contributed by atoms with van der Waals surface area (Å²) < 4.78 is 5.14. The van der Waals surface area contributed by atoms with Crippen molar-refractivity contribution in [3.63, 3.8) is 0 Å². The van der Waals surface area contributed by atoms with Crippen LogP contribution in [0.4, 0.5) is 4.79 Å². The van der Waals surface area contributed by atoms with Gasteiger partial charge in [0.25, 0.3) is 0 Å². The summed E-state index contributed by atoms with van der Waals surface area (Å²) in [5.74, 6) is 0.475. The van der Waals surface area contributed by atoms with Crippen molar-refractivity contribution < 1.29 is 14.3 Å². The summed E-state index contributed by atoms with van der Waals surface area (Å²) in [7, 11) is 3.38. The van der Waals surface area contributed by atoms with E-state index in [1.54, 1.807) is 14.1 Å². The second-order valence-corrected chi connectivity index (χ2v) is 6.24. The molecule has 8 heteroatoms. The van der Waals surface area contributed by atoms with Crippen LogP contribution >= 0.6 is 0 Å². The van der Waals surface area contributed by atoms with E-state index in [-0.39, 0.29) is 12.5 Å². The Hall–Kier alpha value is -1.99. The normalized spacial score (nSPS) is 11.7. The lowest BCUT2D eigenvalue weighted by Gasteiger charge is -2.20. The number of aliphatic imine (C=N–C) groups is 1. The van der Waals surface area contributed by atoms with Gasteiger partial charge in [-0.1, -0.05) is 6.92 Å². The second kappa shape index (κ2) is 10.7. The molecule has 0 atom stereocenters. The van der Waals surface area contributed by atoms with E-state index < -0.39 is 11.7 Å². The van der Waals surface area contributed by atoms with Crippen LogP contribution in [0.2, 0.25) is 0 Å². The number of nitrogens with zero attached hydrogens (tertiary/aromatic N) is 2. The van der Waals surface area contributed by atoms with Gasteiger partial charge < -0.3 is 25.6 Å². The SMILES string of the molecule is CCCNC(=NCC(=O)N(C)C)NCCNC(=O)OC(C)(C)C. The van der Waals surface area contributed by atoms with Gasteiger partial charge in [0.05, 0.1) is 0 Å². The van der Waals surface area contributed by atoms with Crippen LogP contribution in [0, 0.1) is 0 Å². The number of guanidine groups is 1. The van der Waals surface area contributed by atoms with Gasteiger partial charge in [-0.2, -0.15) is 0 Å². The Kier molecular flexibility index (Phi) is 9.76. The number of ether oxygens (including phenoxy) is 1. The molecule has 0 aliphatic carbocycles. The number of likely N-dealkylation sites (N-methyl/N-ethyl adjacent to an activating group) is 1. The summed E-state index contributed by atoms with van der Waals surface area (Å²) in [6, 6.07) is 0. The molecule has 0 saturated carbocycles. The van der Waals surface area contributed by atoms with Crippen LogP contribution in [0.25, 0.3) is 0 Å². The molecule has 0 unspecified atom stereocenters. The lowest BCUT2D eigenvalue weighted by Crippen LogP contribution is -2.43. The van der Waals surface area contributed by atoms with Gasteiger partial charge in [0.15, 0.2) is 5.96 Å². The Morgan fingerprint density at radius 3 is 2.13 bits per heavy atom. The molecule has 0 aliphatic heterocycles. The first-order chi connectivity index (χ1) is 10.7. The van der Waals surface area contributed by atoms with E-state index in [0.29, 0.717) is 19.0 Å². The van der Waals surface area contributed by atoms with Gasteiger partial charge in [-0.05, 0) is 27.2 Å². The Labute approximate surface area is 139 Å². The van der Waals surface area contributed by atoms with Crippen molar-refractivity contribution in [3.8, 4) is 0 Å². The average molecular weight is 329 g/mol. The molecule has 0 aromatic carbocycles. The zero-order valence-electron chi connectivity index (χ0n) is 15.2. The number of hydrogen-bond donors (Lipinski definition) is 3. The van der Waals surface area contributed by atoms with E-state index in [1.807, 2.05) is 27.7 Å². The summed E-state index contributed by atoms with van der Waals surface area (Å²) in [5, 5.41) is 8.83. The van der Waals surface area contributed by atoms with Gasteiger partial charge >= 0.3 is 6.09 Å². The molecule has 0 fully saturated rings. The summed E-state index contributed by atoms with van der Waals surface area (Å²) in [6.07, 6.45) is 0.487. The van der Waals surface area contributed by atoms with Crippen LogP contribution in [-0.4, -0.2) is 68.7 Å². The van der Waals surface area contributed by atoms with Crippen LogP contribution in [0.5, 0.6) is 0 Å².